The number of benzene rings is 2. The molecule has 2 aliphatic rings. The number of rotatable bonds is 12. The molecule has 17 heteroatoms. The number of nitrogens with zero attached hydrogens (tertiary/aromatic N) is 7. The topological polar surface area (TPSA) is 185 Å². The van der Waals surface area contributed by atoms with Crippen LogP contribution < -0.4 is 10.6 Å². The number of thioether (sulfide) groups is 2. The Morgan fingerprint density at radius 3 is 2.50 bits per heavy atom. The van der Waals surface area contributed by atoms with Gasteiger partial charge in [0.05, 0.1) is 17.3 Å². The second-order valence-electron chi connectivity index (χ2n) is 10.3. The number of fused-ring (bicyclic) bond motifs is 1. The summed E-state index contributed by atoms with van der Waals surface area (Å²) in [5.41, 5.74) is 2.35. The summed E-state index contributed by atoms with van der Waals surface area (Å²) < 4.78 is 7.71. The van der Waals surface area contributed by atoms with E-state index >= 15 is 0 Å². The zero-order valence-electron chi connectivity index (χ0n) is 25.0. The van der Waals surface area contributed by atoms with E-state index in [1.165, 1.54) is 38.5 Å². The molecular weight excluding hydrogens is 675 g/mol. The number of hydrogen-bond donors (Lipinski definition) is 2. The lowest BCUT2D eigenvalue weighted by atomic mass is 10.0. The standard InChI is InChI=1S/C31H25N9O5S3/c1-39-31(36-37-38-39)48-15-20-14-46-28-23(35-26(42)21(12-13-32)22-16-47-30(34-22)33-17-41)27(43)40(28)24(20)29(44)45-25(18-8-4-2-5-9-18)19-10-6-3-7-11-19/h2-12,16-17,23,25,28H,14-15H2,1H3,(H,35,42)(H,33,34,41)/b21-12+/t23?,28-/m1/s1. The van der Waals surface area contributed by atoms with Crippen molar-refractivity contribution in [1.82, 2.24) is 35.4 Å². The number of hydrogen-bond acceptors (Lipinski definition) is 13. The fraction of sp³-hybridized carbons (Fsp3) is 0.194. The molecule has 0 radical (unpaired) electrons. The maximum absolute atomic E-state index is 14.2. The summed E-state index contributed by atoms with van der Waals surface area (Å²) in [6, 6.07) is 19.5. The van der Waals surface area contributed by atoms with Crippen molar-refractivity contribution in [2.24, 2.45) is 7.05 Å². The number of tetrazole rings is 1. The zero-order chi connectivity index (χ0) is 33.6. The fourth-order valence-electron chi connectivity index (χ4n) is 5.08. The van der Waals surface area contributed by atoms with Crippen molar-refractivity contribution in [2.45, 2.75) is 22.7 Å². The van der Waals surface area contributed by atoms with Crippen LogP contribution in [0.4, 0.5) is 5.13 Å². The van der Waals surface area contributed by atoms with E-state index in [9.17, 15) is 24.4 Å². The first-order valence-corrected chi connectivity index (χ1v) is 17.2. The van der Waals surface area contributed by atoms with Gasteiger partial charge in [-0.25, -0.2) is 14.5 Å². The fourth-order valence-corrected chi connectivity index (χ4v) is 8.08. The SMILES string of the molecule is Cn1nnnc1SCC1=C(C(=O)OC(c2ccccc2)c2ccccc2)N2C(=O)C(NC(=O)/C(=C/C#N)c3csc(NC=O)n3)[C@H]2SC1. The van der Waals surface area contributed by atoms with Crippen molar-refractivity contribution in [1.29, 1.82) is 5.26 Å². The van der Waals surface area contributed by atoms with Gasteiger partial charge in [-0.3, -0.25) is 19.3 Å². The number of thiazole rings is 1. The summed E-state index contributed by atoms with van der Waals surface area (Å²) in [5, 5.41) is 27.7. The van der Waals surface area contributed by atoms with Crippen LogP contribution in [0, 0.1) is 11.3 Å². The lowest BCUT2D eigenvalue weighted by molar-refractivity contribution is -0.154. The number of amides is 3. The number of nitriles is 1. The maximum atomic E-state index is 14.2. The van der Waals surface area contributed by atoms with Crippen LogP contribution >= 0.6 is 34.9 Å². The molecule has 2 N–H and O–H groups in total. The second kappa shape index (κ2) is 14.6. The van der Waals surface area contributed by atoms with E-state index in [2.05, 4.69) is 31.1 Å². The Balaban J connectivity index is 1.28. The van der Waals surface area contributed by atoms with Crippen molar-refractivity contribution in [2.75, 3.05) is 16.8 Å². The van der Waals surface area contributed by atoms with Crippen LogP contribution in [0.2, 0.25) is 0 Å². The molecule has 2 aromatic heterocycles. The molecule has 2 aromatic carbocycles. The predicted octanol–water partition coefficient (Wildman–Crippen LogP) is 2.92. The Morgan fingerprint density at radius 2 is 1.88 bits per heavy atom. The summed E-state index contributed by atoms with van der Waals surface area (Å²) in [6.07, 6.45) is 0.726. The van der Waals surface area contributed by atoms with Crippen LogP contribution in [-0.4, -0.2) is 77.2 Å². The average Bonchev–Trinajstić information content (AvgIpc) is 3.76. The Bertz CT molecular complexity index is 1920. The van der Waals surface area contributed by atoms with Gasteiger partial charge in [0.15, 0.2) is 11.2 Å². The molecule has 4 aromatic rings. The first-order chi connectivity index (χ1) is 23.4. The molecule has 3 amide bonds. The summed E-state index contributed by atoms with van der Waals surface area (Å²) >= 11 is 3.78. The maximum Gasteiger partial charge on any atom is 0.356 e. The van der Waals surface area contributed by atoms with Crippen LogP contribution in [0.1, 0.15) is 22.9 Å². The predicted molar refractivity (Wildman–Crippen MR) is 178 cm³/mol. The molecule has 6 rings (SSSR count). The van der Waals surface area contributed by atoms with Crippen LogP contribution in [0.15, 0.2) is 88.5 Å². The first kappa shape index (κ1) is 32.6. The summed E-state index contributed by atoms with van der Waals surface area (Å²) in [7, 11) is 1.70. The average molecular weight is 700 g/mol. The van der Waals surface area contributed by atoms with Crippen LogP contribution in [0.3, 0.4) is 0 Å². The third-order valence-electron chi connectivity index (χ3n) is 7.33. The van der Waals surface area contributed by atoms with Gasteiger partial charge >= 0.3 is 5.97 Å². The molecule has 0 saturated carbocycles. The summed E-state index contributed by atoms with van der Waals surface area (Å²) in [4.78, 5) is 57.7. The number of allylic oxidation sites excluding steroid dienone is 1. The van der Waals surface area contributed by atoms with Crippen molar-refractivity contribution >= 4 is 69.8 Å². The number of carbonyl (C=O) groups excluding carboxylic acids is 4. The Labute approximate surface area is 286 Å². The van der Waals surface area contributed by atoms with Gasteiger partial charge in [-0.15, -0.1) is 28.2 Å². The molecule has 4 heterocycles. The van der Waals surface area contributed by atoms with Crippen molar-refractivity contribution in [3.8, 4) is 6.07 Å². The molecule has 2 atom stereocenters. The molecule has 2 aliphatic heterocycles. The number of esters is 1. The highest BCUT2D eigenvalue weighted by atomic mass is 32.2. The van der Waals surface area contributed by atoms with E-state index in [-0.39, 0.29) is 22.1 Å². The number of ether oxygens (including phenoxy) is 1. The summed E-state index contributed by atoms with van der Waals surface area (Å²) in [6.45, 7) is 0. The van der Waals surface area contributed by atoms with Crippen LogP contribution in [-0.2, 0) is 31.0 Å². The van der Waals surface area contributed by atoms with Crippen molar-refractivity contribution < 1.29 is 23.9 Å². The monoisotopic (exact) mass is 699 g/mol. The molecule has 0 bridgehead atoms. The molecule has 0 aliphatic carbocycles. The Hall–Kier alpha value is -5.31. The Morgan fingerprint density at radius 1 is 1.17 bits per heavy atom. The number of aryl methyl sites for hydroxylation is 1. The van der Waals surface area contributed by atoms with E-state index in [0.29, 0.717) is 28.6 Å². The number of β-lactam (4-membered cyclic amide) rings is 1. The van der Waals surface area contributed by atoms with Gasteiger partial charge in [0.2, 0.25) is 11.6 Å². The van der Waals surface area contributed by atoms with Crippen LogP contribution in [0.5, 0.6) is 0 Å². The molecule has 0 spiro atoms. The minimum Gasteiger partial charge on any atom is -0.448 e. The van der Waals surface area contributed by atoms with E-state index in [0.717, 1.165) is 28.5 Å². The van der Waals surface area contributed by atoms with Gasteiger partial charge < -0.3 is 15.4 Å². The smallest absolute Gasteiger partial charge is 0.356 e. The second-order valence-corrected chi connectivity index (χ2v) is 13.2. The molecule has 1 saturated heterocycles. The zero-order valence-corrected chi connectivity index (χ0v) is 27.5. The van der Waals surface area contributed by atoms with Gasteiger partial charge in [0, 0.05) is 30.0 Å². The van der Waals surface area contributed by atoms with E-state index in [1.54, 1.807) is 7.05 Å². The molecule has 1 unspecified atom stereocenters. The van der Waals surface area contributed by atoms with E-state index in [4.69, 9.17) is 4.74 Å². The third-order valence-corrected chi connectivity index (χ3v) is 10.5. The van der Waals surface area contributed by atoms with Crippen molar-refractivity contribution in [3.05, 3.63) is 100 Å². The van der Waals surface area contributed by atoms with Gasteiger partial charge in [-0.05, 0) is 27.1 Å². The third kappa shape index (κ3) is 6.72. The lowest BCUT2D eigenvalue weighted by Crippen LogP contribution is -2.70. The molecule has 14 nitrogen and oxygen atoms in total. The van der Waals surface area contributed by atoms with Gasteiger partial charge in [0.25, 0.3) is 11.8 Å². The summed E-state index contributed by atoms with van der Waals surface area (Å²) in [5.74, 6) is -1.24. The van der Waals surface area contributed by atoms with Gasteiger partial charge in [0.1, 0.15) is 17.1 Å². The molecule has 1 fully saturated rings. The molecule has 242 valence electrons. The number of aromatic nitrogens is 5. The van der Waals surface area contributed by atoms with E-state index in [1.807, 2.05) is 66.7 Å². The minimum absolute atomic E-state index is 0.0714. The highest BCUT2D eigenvalue weighted by molar-refractivity contribution is 8.01. The molecule has 48 heavy (non-hydrogen) atoms. The highest BCUT2D eigenvalue weighted by Crippen LogP contribution is 2.43. The first-order valence-electron chi connectivity index (χ1n) is 14.3. The van der Waals surface area contributed by atoms with Gasteiger partial charge in [-0.2, -0.15) is 5.26 Å². The normalized spacial score (nSPS) is 17.3. The van der Waals surface area contributed by atoms with Crippen LogP contribution in [0.25, 0.3) is 5.57 Å². The lowest BCUT2D eigenvalue weighted by Gasteiger charge is -2.49. The van der Waals surface area contributed by atoms with Crippen molar-refractivity contribution in [3.63, 3.8) is 0 Å². The van der Waals surface area contributed by atoms with Gasteiger partial charge in [-0.1, -0.05) is 72.4 Å². The molecular formula is C31H25N9O5S3. The van der Waals surface area contributed by atoms with E-state index < -0.39 is 35.3 Å². The Kier molecular flexibility index (Phi) is 9.94. The highest BCUT2D eigenvalue weighted by Gasteiger charge is 2.54. The largest absolute Gasteiger partial charge is 0.448 e. The number of anilines is 1. The quantitative estimate of drug-likeness (QED) is 0.0551. The number of carbonyl (C=O) groups is 4. The number of nitrogens with one attached hydrogen (secondary N) is 2. The minimum atomic E-state index is -0.991.